The first-order valence-electron chi connectivity index (χ1n) is 8.56. The molecule has 2 bridgehead atoms. The molecule has 0 unspecified atom stereocenters. The summed E-state index contributed by atoms with van der Waals surface area (Å²) in [6.45, 7) is 14.1. The topological polar surface area (TPSA) is 0 Å². The second kappa shape index (κ2) is 4.48. The molecule has 23 heavy (non-hydrogen) atoms. The first kappa shape index (κ1) is 15.0. The molecular formula is C22H25Si. The predicted molar refractivity (Wildman–Crippen MR) is 104 cm³/mol. The van der Waals surface area contributed by atoms with E-state index in [-0.39, 0.29) is 5.41 Å². The monoisotopic (exact) mass is 317 g/mol. The molecule has 1 heteroatoms. The van der Waals surface area contributed by atoms with E-state index in [9.17, 15) is 0 Å². The highest BCUT2D eigenvalue weighted by atomic mass is 28.3. The van der Waals surface area contributed by atoms with Crippen LogP contribution in [0.3, 0.4) is 0 Å². The van der Waals surface area contributed by atoms with Gasteiger partial charge in [0.2, 0.25) is 0 Å². The van der Waals surface area contributed by atoms with Gasteiger partial charge in [-0.25, -0.2) is 0 Å². The molecule has 0 saturated heterocycles. The van der Waals surface area contributed by atoms with Gasteiger partial charge in [0.25, 0.3) is 0 Å². The summed E-state index contributed by atoms with van der Waals surface area (Å²) in [5.41, 5.74) is 8.99. The Hall–Kier alpha value is -1.60. The Bertz CT molecular complexity index is 843. The molecule has 2 aromatic rings. The SMILES string of the molecule is CC1=C2c3c(ccc(c3-c3ccc(C(C)(C)C)cc3)[Si]2(C)C)[CH]1. The Labute approximate surface area is 141 Å². The van der Waals surface area contributed by atoms with Crippen molar-refractivity contribution in [1.82, 2.24) is 0 Å². The van der Waals surface area contributed by atoms with Gasteiger partial charge in [0.05, 0.1) is 0 Å². The molecule has 2 aromatic carbocycles. The number of allylic oxidation sites excluding steroid dienone is 1. The van der Waals surface area contributed by atoms with Crippen LogP contribution in [0.15, 0.2) is 42.0 Å². The molecule has 1 aliphatic heterocycles. The van der Waals surface area contributed by atoms with Crippen LogP contribution in [0.1, 0.15) is 44.4 Å². The minimum absolute atomic E-state index is 0.212. The molecule has 1 heterocycles. The summed E-state index contributed by atoms with van der Waals surface area (Å²) in [4.78, 5) is 0. The average Bonchev–Trinajstić information content (AvgIpc) is 2.89. The molecule has 117 valence electrons. The number of fused-ring (bicyclic) bond motifs is 1. The maximum atomic E-state index is 2.50. The highest BCUT2D eigenvalue weighted by Crippen LogP contribution is 2.49. The lowest BCUT2D eigenvalue weighted by atomic mass is 9.86. The molecule has 0 nitrogen and oxygen atoms in total. The van der Waals surface area contributed by atoms with E-state index in [4.69, 9.17) is 0 Å². The molecule has 0 amide bonds. The van der Waals surface area contributed by atoms with Gasteiger partial charge in [-0.3, -0.25) is 0 Å². The third-order valence-corrected chi connectivity index (χ3v) is 9.25. The first-order chi connectivity index (χ1) is 10.7. The third-order valence-electron chi connectivity index (χ3n) is 5.59. The van der Waals surface area contributed by atoms with E-state index in [1.54, 1.807) is 15.9 Å². The van der Waals surface area contributed by atoms with E-state index < -0.39 is 8.07 Å². The second-order valence-electron chi connectivity index (χ2n) is 8.61. The van der Waals surface area contributed by atoms with Crippen molar-refractivity contribution >= 4 is 18.5 Å². The molecule has 1 aliphatic carbocycles. The lowest BCUT2D eigenvalue weighted by Crippen LogP contribution is -2.39. The zero-order chi connectivity index (χ0) is 16.6. The van der Waals surface area contributed by atoms with Gasteiger partial charge in [0.1, 0.15) is 8.07 Å². The van der Waals surface area contributed by atoms with Crippen molar-refractivity contribution in [2.75, 3.05) is 0 Å². The van der Waals surface area contributed by atoms with Crippen molar-refractivity contribution in [3.8, 4) is 11.1 Å². The number of rotatable bonds is 1. The summed E-state index contributed by atoms with van der Waals surface area (Å²) in [6, 6.07) is 14.0. The molecule has 2 aliphatic rings. The summed E-state index contributed by atoms with van der Waals surface area (Å²) in [5.74, 6) is 0. The zero-order valence-corrected chi connectivity index (χ0v) is 16.0. The van der Waals surface area contributed by atoms with Gasteiger partial charge < -0.3 is 0 Å². The minimum atomic E-state index is -1.53. The Morgan fingerprint density at radius 1 is 0.826 bits per heavy atom. The number of benzene rings is 2. The van der Waals surface area contributed by atoms with Crippen molar-refractivity contribution in [2.24, 2.45) is 0 Å². The van der Waals surface area contributed by atoms with Crippen molar-refractivity contribution in [3.63, 3.8) is 0 Å². The lowest BCUT2D eigenvalue weighted by Gasteiger charge is -2.21. The quantitative estimate of drug-likeness (QED) is 0.613. The van der Waals surface area contributed by atoms with Gasteiger partial charge in [0, 0.05) is 6.42 Å². The molecule has 0 spiro atoms. The van der Waals surface area contributed by atoms with E-state index in [1.807, 2.05) is 0 Å². The molecule has 0 fully saturated rings. The molecule has 4 rings (SSSR count). The fourth-order valence-corrected chi connectivity index (χ4v) is 8.02. The van der Waals surface area contributed by atoms with E-state index in [0.717, 1.165) is 0 Å². The Morgan fingerprint density at radius 2 is 1.48 bits per heavy atom. The summed E-state index contributed by atoms with van der Waals surface area (Å²) in [6.07, 6.45) is 2.38. The molecular weight excluding hydrogens is 292 g/mol. The van der Waals surface area contributed by atoms with Gasteiger partial charge in [0.15, 0.2) is 0 Å². The van der Waals surface area contributed by atoms with Gasteiger partial charge >= 0.3 is 0 Å². The Morgan fingerprint density at radius 3 is 2.09 bits per heavy atom. The summed E-state index contributed by atoms with van der Waals surface area (Å²) >= 11 is 0. The van der Waals surface area contributed by atoms with Crippen molar-refractivity contribution in [3.05, 3.63) is 65.1 Å². The smallest absolute Gasteiger partial charge is 0.0646 e. The molecule has 1 radical (unpaired) electrons. The van der Waals surface area contributed by atoms with Crippen LogP contribution in [-0.4, -0.2) is 8.07 Å². The molecule has 0 atom stereocenters. The second-order valence-corrected chi connectivity index (χ2v) is 12.9. The number of hydrogen-bond acceptors (Lipinski definition) is 0. The fourth-order valence-electron chi connectivity index (χ4n) is 4.41. The summed E-state index contributed by atoms with van der Waals surface area (Å²) in [7, 11) is -1.53. The van der Waals surface area contributed by atoms with Crippen LogP contribution in [0.2, 0.25) is 13.1 Å². The van der Waals surface area contributed by atoms with Crippen LogP contribution in [0.4, 0.5) is 0 Å². The van der Waals surface area contributed by atoms with E-state index in [1.165, 1.54) is 27.8 Å². The maximum absolute atomic E-state index is 2.50. The Kier molecular flexibility index (Phi) is 2.91. The van der Waals surface area contributed by atoms with Crippen molar-refractivity contribution in [2.45, 2.75) is 46.2 Å². The van der Waals surface area contributed by atoms with Crippen LogP contribution in [0.5, 0.6) is 0 Å². The summed E-state index contributed by atoms with van der Waals surface area (Å²) < 4.78 is 0. The largest absolute Gasteiger partial charge is 0.113 e. The average molecular weight is 318 g/mol. The van der Waals surface area contributed by atoms with E-state index >= 15 is 0 Å². The Balaban J connectivity index is 1.93. The van der Waals surface area contributed by atoms with Gasteiger partial charge in [-0.1, -0.05) is 75.8 Å². The summed E-state index contributed by atoms with van der Waals surface area (Å²) in [5, 5.41) is 3.28. The molecule has 0 saturated carbocycles. The van der Waals surface area contributed by atoms with E-state index in [2.05, 4.69) is 83.6 Å². The lowest BCUT2D eigenvalue weighted by molar-refractivity contribution is 0.590. The highest BCUT2D eigenvalue weighted by Gasteiger charge is 2.44. The minimum Gasteiger partial charge on any atom is -0.0646 e. The first-order valence-corrected chi connectivity index (χ1v) is 11.6. The van der Waals surface area contributed by atoms with Crippen LogP contribution in [0.25, 0.3) is 16.3 Å². The fraction of sp³-hybridized carbons (Fsp3) is 0.318. The zero-order valence-electron chi connectivity index (χ0n) is 15.0. The van der Waals surface area contributed by atoms with Crippen molar-refractivity contribution < 1.29 is 0 Å². The standard InChI is InChI=1S/C22H25Si/c1-14-13-16-9-12-18-19(20(16)21(14)23(18,5)6)15-7-10-17(11-8-15)22(2,3)4/h7-13H,1-6H3. The van der Waals surface area contributed by atoms with Gasteiger partial charge in [-0.15, -0.1) is 0 Å². The predicted octanol–water partition coefficient (Wildman–Crippen LogP) is 5.46. The molecule has 0 N–H and O–H groups in total. The normalized spacial score (nSPS) is 18.0. The van der Waals surface area contributed by atoms with Crippen LogP contribution >= 0.6 is 0 Å². The van der Waals surface area contributed by atoms with Crippen LogP contribution in [-0.2, 0) is 5.41 Å². The van der Waals surface area contributed by atoms with Gasteiger partial charge in [-0.2, -0.15) is 0 Å². The third kappa shape index (κ3) is 1.96. The number of hydrogen-bond donors (Lipinski definition) is 0. The maximum Gasteiger partial charge on any atom is 0.113 e. The van der Waals surface area contributed by atoms with Crippen LogP contribution < -0.4 is 5.19 Å². The van der Waals surface area contributed by atoms with E-state index in [0.29, 0.717) is 0 Å². The molecule has 0 aromatic heterocycles. The van der Waals surface area contributed by atoms with Crippen LogP contribution in [0, 0.1) is 6.42 Å². The van der Waals surface area contributed by atoms with Crippen molar-refractivity contribution in [1.29, 1.82) is 0 Å². The van der Waals surface area contributed by atoms with Gasteiger partial charge in [-0.05, 0) is 50.5 Å². The highest BCUT2D eigenvalue weighted by molar-refractivity contribution is 7.07.